The van der Waals surface area contributed by atoms with E-state index in [4.69, 9.17) is 22.4 Å². The molecule has 0 aliphatic carbocycles. The lowest BCUT2D eigenvalue weighted by Gasteiger charge is -2.13. The van der Waals surface area contributed by atoms with Crippen molar-refractivity contribution in [3.8, 4) is 0 Å². The molecule has 5 heteroatoms. The summed E-state index contributed by atoms with van der Waals surface area (Å²) in [6, 6.07) is 2.95. The molecule has 0 saturated heterocycles. The van der Waals surface area contributed by atoms with Crippen molar-refractivity contribution >= 4 is 23.5 Å². The van der Waals surface area contributed by atoms with Crippen LogP contribution < -0.4 is 5.73 Å². The van der Waals surface area contributed by atoms with Gasteiger partial charge in [-0.05, 0) is 31.0 Å². The molecule has 3 N–H and O–H groups in total. The van der Waals surface area contributed by atoms with Crippen LogP contribution in [0.3, 0.4) is 0 Å². The lowest BCUT2D eigenvalue weighted by atomic mass is 9.96. The summed E-state index contributed by atoms with van der Waals surface area (Å²) in [5.41, 5.74) is 6.30. The van der Waals surface area contributed by atoms with E-state index in [1.165, 1.54) is 12.1 Å². The first-order valence-corrected chi connectivity index (χ1v) is 5.05. The second-order valence-electron chi connectivity index (χ2n) is 3.57. The van der Waals surface area contributed by atoms with Crippen LogP contribution in [0.15, 0.2) is 12.1 Å². The molecular formula is C11H12ClNO3. The van der Waals surface area contributed by atoms with Crippen LogP contribution in [0.2, 0.25) is 5.02 Å². The fourth-order valence-corrected chi connectivity index (χ4v) is 1.75. The van der Waals surface area contributed by atoms with Crippen LogP contribution in [0.5, 0.6) is 0 Å². The minimum atomic E-state index is -1.04. The van der Waals surface area contributed by atoms with Gasteiger partial charge in [0.15, 0.2) is 0 Å². The van der Waals surface area contributed by atoms with Gasteiger partial charge in [-0.3, -0.25) is 4.79 Å². The minimum Gasteiger partial charge on any atom is -0.478 e. The highest BCUT2D eigenvalue weighted by molar-refractivity contribution is 6.32. The van der Waals surface area contributed by atoms with Crippen molar-refractivity contribution in [1.82, 2.24) is 0 Å². The van der Waals surface area contributed by atoms with Gasteiger partial charge in [0.2, 0.25) is 5.91 Å². The molecular weight excluding hydrogens is 230 g/mol. The number of carboxylic acid groups (broad SMARTS) is 1. The molecule has 0 radical (unpaired) electrons. The third-order valence-electron chi connectivity index (χ3n) is 2.54. The number of nitrogens with two attached hydrogens (primary N) is 1. The Kier molecular flexibility index (Phi) is 3.55. The molecule has 0 heterocycles. The molecule has 1 atom stereocenters. The Balaban J connectivity index is 3.32. The zero-order chi connectivity index (χ0) is 12.5. The molecule has 0 spiro atoms. The van der Waals surface area contributed by atoms with E-state index >= 15 is 0 Å². The average Bonchev–Trinajstić information content (AvgIpc) is 2.20. The van der Waals surface area contributed by atoms with Crippen LogP contribution in [-0.4, -0.2) is 17.0 Å². The molecule has 1 unspecified atom stereocenters. The Morgan fingerprint density at radius 3 is 2.44 bits per heavy atom. The van der Waals surface area contributed by atoms with E-state index in [0.717, 1.165) is 0 Å². The smallest absolute Gasteiger partial charge is 0.336 e. The summed E-state index contributed by atoms with van der Waals surface area (Å²) < 4.78 is 0. The predicted molar refractivity (Wildman–Crippen MR) is 60.8 cm³/mol. The fourth-order valence-electron chi connectivity index (χ4n) is 1.43. The number of hydrogen-bond donors (Lipinski definition) is 2. The van der Waals surface area contributed by atoms with Crippen LogP contribution in [0.25, 0.3) is 0 Å². The third-order valence-corrected chi connectivity index (χ3v) is 3.04. The van der Waals surface area contributed by atoms with Crippen LogP contribution >= 0.6 is 11.6 Å². The van der Waals surface area contributed by atoms with Crippen LogP contribution in [0.4, 0.5) is 0 Å². The third kappa shape index (κ3) is 2.17. The molecule has 1 rings (SSSR count). The maximum absolute atomic E-state index is 11.0. The normalized spacial score (nSPS) is 12.2. The van der Waals surface area contributed by atoms with E-state index in [1.807, 2.05) is 0 Å². The number of carbonyl (C=O) groups is 2. The van der Waals surface area contributed by atoms with Gasteiger partial charge in [-0.15, -0.1) is 0 Å². The first-order chi connectivity index (χ1) is 7.36. The second kappa shape index (κ2) is 4.53. The first-order valence-electron chi connectivity index (χ1n) is 4.67. The Hall–Kier alpha value is -1.55. The number of carboxylic acids is 1. The zero-order valence-electron chi connectivity index (χ0n) is 8.95. The molecule has 4 nitrogen and oxygen atoms in total. The second-order valence-corrected chi connectivity index (χ2v) is 3.95. The number of benzene rings is 1. The van der Waals surface area contributed by atoms with Crippen molar-refractivity contribution < 1.29 is 14.7 Å². The highest BCUT2D eigenvalue weighted by atomic mass is 35.5. The van der Waals surface area contributed by atoms with Crippen molar-refractivity contribution in [1.29, 1.82) is 0 Å². The van der Waals surface area contributed by atoms with Gasteiger partial charge in [0.25, 0.3) is 0 Å². The minimum absolute atomic E-state index is 0.130. The van der Waals surface area contributed by atoms with Gasteiger partial charge < -0.3 is 10.8 Å². The van der Waals surface area contributed by atoms with Crippen molar-refractivity contribution in [2.45, 2.75) is 19.8 Å². The standard InChI is InChI=1S/C11H12ClNO3/c1-5-8(11(15)16)4-3-7(9(5)12)6(2)10(13)14/h3-4,6H,1-2H3,(H2,13,14)(H,15,16). The lowest BCUT2D eigenvalue weighted by molar-refractivity contribution is -0.119. The Labute approximate surface area is 98.0 Å². The number of aromatic carboxylic acids is 1. The van der Waals surface area contributed by atoms with Crippen LogP contribution in [-0.2, 0) is 4.79 Å². The van der Waals surface area contributed by atoms with Gasteiger partial charge in [-0.1, -0.05) is 17.7 Å². The number of amides is 1. The van der Waals surface area contributed by atoms with Gasteiger partial charge in [0, 0.05) is 5.02 Å². The molecule has 0 aromatic heterocycles. The van der Waals surface area contributed by atoms with Gasteiger partial charge in [-0.2, -0.15) is 0 Å². The molecule has 1 aromatic carbocycles. The maximum Gasteiger partial charge on any atom is 0.336 e. The van der Waals surface area contributed by atoms with E-state index in [9.17, 15) is 9.59 Å². The topological polar surface area (TPSA) is 80.4 Å². The molecule has 0 aliphatic heterocycles. The Morgan fingerprint density at radius 2 is 2.00 bits per heavy atom. The lowest BCUT2D eigenvalue weighted by Crippen LogP contribution is -2.19. The van der Waals surface area contributed by atoms with Crippen molar-refractivity contribution in [3.63, 3.8) is 0 Å². The number of rotatable bonds is 3. The number of hydrogen-bond acceptors (Lipinski definition) is 2. The largest absolute Gasteiger partial charge is 0.478 e. The first kappa shape index (κ1) is 12.5. The molecule has 0 saturated carbocycles. The number of carbonyl (C=O) groups excluding carboxylic acids is 1. The van der Waals surface area contributed by atoms with Crippen molar-refractivity contribution in [2.24, 2.45) is 5.73 Å². The van der Waals surface area contributed by atoms with E-state index in [0.29, 0.717) is 11.1 Å². The summed E-state index contributed by atoms with van der Waals surface area (Å²) in [5, 5.41) is 9.16. The summed E-state index contributed by atoms with van der Waals surface area (Å²) in [7, 11) is 0. The summed E-state index contributed by atoms with van der Waals surface area (Å²) in [4.78, 5) is 21.9. The van der Waals surface area contributed by atoms with Crippen LogP contribution in [0.1, 0.15) is 34.3 Å². The predicted octanol–water partition coefficient (Wildman–Crippen LogP) is 1.94. The maximum atomic E-state index is 11.0. The van der Waals surface area contributed by atoms with Gasteiger partial charge in [0.05, 0.1) is 11.5 Å². The summed E-state index contributed by atoms with van der Waals surface area (Å²) in [6.45, 7) is 3.23. The van der Waals surface area contributed by atoms with Gasteiger partial charge >= 0.3 is 5.97 Å². The highest BCUT2D eigenvalue weighted by Gasteiger charge is 2.19. The number of halogens is 1. The average molecular weight is 242 g/mol. The highest BCUT2D eigenvalue weighted by Crippen LogP contribution is 2.29. The van der Waals surface area contributed by atoms with E-state index in [1.54, 1.807) is 13.8 Å². The molecule has 0 fully saturated rings. The molecule has 86 valence electrons. The fraction of sp³-hybridized carbons (Fsp3) is 0.273. The monoisotopic (exact) mass is 241 g/mol. The Bertz CT molecular complexity index is 457. The van der Waals surface area contributed by atoms with E-state index in [-0.39, 0.29) is 10.6 Å². The van der Waals surface area contributed by atoms with E-state index < -0.39 is 17.8 Å². The molecule has 1 amide bonds. The van der Waals surface area contributed by atoms with Gasteiger partial charge in [-0.25, -0.2) is 4.79 Å². The van der Waals surface area contributed by atoms with Gasteiger partial charge in [0.1, 0.15) is 0 Å². The summed E-state index contributed by atoms with van der Waals surface area (Å²) >= 11 is 6.01. The summed E-state index contributed by atoms with van der Waals surface area (Å²) in [5.74, 6) is -2.07. The summed E-state index contributed by atoms with van der Waals surface area (Å²) in [6.07, 6.45) is 0. The zero-order valence-corrected chi connectivity index (χ0v) is 9.71. The molecule has 16 heavy (non-hydrogen) atoms. The SMILES string of the molecule is Cc1c(C(=O)O)ccc(C(C)C(N)=O)c1Cl. The van der Waals surface area contributed by atoms with Crippen molar-refractivity contribution in [3.05, 3.63) is 33.8 Å². The number of primary amides is 1. The van der Waals surface area contributed by atoms with Crippen molar-refractivity contribution in [2.75, 3.05) is 0 Å². The molecule has 0 bridgehead atoms. The Morgan fingerprint density at radius 1 is 1.44 bits per heavy atom. The molecule has 0 aliphatic rings. The van der Waals surface area contributed by atoms with Crippen LogP contribution in [0, 0.1) is 6.92 Å². The quantitative estimate of drug-likeness (QED) is 0.849. The van der Waals surface area contributed by atoms with E-state index in [2.05, 4.69) is 0 Å². The molecule has 1 aromatic rings.